The number of nitrogens with one attached hydrogen (secondary N) is 3. The minimum absolute atomic E-state index is 0.0188. The number of amidine groups is 1. The Bertz CT molecular complexity index is 955. The minimum Gasteiger partial charge on any atom is -0.465 e. The Hall–Kier alpha value is -2.79. The molecular formula is C26H42N8O3. The number of aromatic nitrogens is 2. The van der Waals surface area contributed by atoms with Gasteiger partial charge in [0.25, 0.3) is 0 Å². The van der Waals surface area contributed by atoms with Crippen LogP contribution in [0.15, 0.2) is 4.99 Å². The lowest BCUT2D eigenvalue weighted by molar-refractivity contribution is 0.0374. The van der Waals surface area contributed by atoms with Crippen LogP contribution >= 0.6 is 0 Å². The van der Waals surface area contributed by atoms with Gasteiger partial charge in [0.05, 0.1) is 19.9 Å². The Balaban J connectivity index is 1.71. The molecule has 1 amide bonds. The summed E-state index contributed by atoms with van der Waals surface area (Å²) in [6, 6.07) is 0.176. The summed E-state index contributed by atoms with van der Waals surface area (Å²) in [6.45, 7) is 12.9. The zero-order chi connectivity index (χ0) is 26.4. The Labute approximate surface area is 219 Å². The third-order valence-corrected chi connectivity index (χ3v) is 8.10. The number of hydrogen-bond donors (Lipinski definition) is 4. The number of carboxylic acid groups (broad SMARTS) is 1. The first-order valence-corrected chi connectivity index (χ1v) is 13.6. The van der Waals surface area contributed by atoms with Crippen LogP contribution in [0.4, 0.5) is 22.1 Å². The maximum Gasteiger partial charge on any atom is 0.410 e. The molecule has 0 spiro atoms. The van der Waals surface area contributed by atoms with Crippen LogP contribution in [0.3, 0.4) is 0 Å². The van der Waals surface area contributed by atoms with Gasteiger partial charge in [-0.2, -0.15) is 0 Å². The summed E-state index contributed by atoms with van der Waals surface area (Å²) in [5.74, 6) is 2.42. The van der Waals surface area contributed by atoms with Crippen molar-refractivity contribution in [3.63, 3.8) is 0 Å². The van der Waals surface area contributed by atoms with E-state index in [1.54, 1.807) is 0 Å². The first-order chi connectivity index (χ1) is 17.8. The van der Waals surface area contributed by atoms with Crippen LogP contribution in [0.1, 0.15) is 64.6 Å². The molecule has 4 rings (SSSR count). The van der Waals surface area contributed by atoms with Crippen molar-refractivity contribution in [1.82, 2.24) is 20.2 Å². The number of carbonyl (C=O) groups is 1. The Kier molecular flexibility index (Phi) is 9.31. The van der Waals surface area contributed by atoms with E-state index < -0.39 is 6.09 Å². The Morgan fingerprint density at radius 3 is 2.54 bits per heavy atom. The highest BCUT2D eigenvalue weighted by atomic mass is 16.5. The highest BCUT2D eigenvalue weighted by molar-refractivity contribution is 6.02. The second kappa shape index (κ2) is 12.6. The highest BCUT2D eigenvalue weighted by Crippen LogP contribution is 2.39. The second-order valence-electron chi connectivity index (χ2n) is 10.9. The van der Waals surface area contributed by atoms with E-state index in [1.165, 1.54) is 44.9 Å². The molecule has 11 heteroatoms. The number of anilines is 2. The quantitative estimate of drug-likeness (QED) is 0.272. The molecule has 204 valence electrons. The van der Waals surface area contributed by atoms with Crippen LogP contribution in [-0.2, 0) is 4.74 Å². The van der Waals surface area contributed by atoms with Crippen molar-refractivity contribution in [1.29, 1.82) is 5.41 Å². The van der Waals surface area contributed by atoms with Crippen LogP contribution in [0.2, 0.25) is 0 Å². The summed E-state index contributed by atoms with van der Waals surface area (Å²) in [5, 5.41) is 23.0. The fraction of sp³-hybridized carbons (Fsp3) is 0.731. The van der Waals surface area contributed by atoms with Crippen molar-refractivity contribution in [3.8, 4) is 0 Å². The van der Waals surface area contributed by atoms with Crippen LogP contribution in [0.5, 0.6) is 0 Å². The third kappa shape index (κ3) is 7.16. The van der Waals surface area contributed by atoms with Crippen molar-refractivity contribution in [2.75, 3.05) is 49.7 Å². The van der Waals surface area contributed by atoms with Gasteiger partial charge < -0.3 is 20.1 Å². The lowest BCUT2D eigenvalue weighted by Gasteiger charge is -2.39. The van der Waals surface area contributed by atoms with E-state index in [4.69, 9.17) is 15.3 Å². The monoisotopic (exact) mass is 514 g/mol. The molecule has 3 fully saturated rings. The molecule has 2 saturated carbocycles. The summed E-state index contributed by atoms with van der Waals surface area (Å²) < 4.78 is 5.58. The van der Waals surface area contributed by atoms with Crippen LogP contribution in [0.25, 0.3) is 0 Å². The van der Waals surface area contributed by atoms with Crippen molar-refractivity contribution >= 4 is 36.0 Å². The molecule has 1 aliphatic heterocycles. The van der Waals surface area contributed by atoms with Gasteiger partial charge in [0.1, 0.15) is 5.69 Å². The third-order valence-electron chi connectivity index (χ3n) is 8.10. The van der Waals surface area contributed by atoms with Crippen molar-refractivity contribution in [2.24, 2.45) is 22.7 Å². The fourth-order valence-electron chi connectivity index (χ4n) is 5.52. The van der Waals surface area contributed by atoms with Gasteiger partial charge in [-0.25, -0.2) is 19.8 Å². The van der Waals surface area contributed by atoms with Gasteiger partial charge in [-0.3, -0.25) is 15.6 Å². The molecule has 1 saturated heterocycles. The predicted octanol–water partition coefficient (Wildman–Crippen LogP) is 3.92. The molecule has 4 N–H and O–H groups in total. The zero-order valence-corrected chi connectivity index (χ0v) is 22.2. The Morgan fingerprint density at radius 2 is 1.95 bits per heavy atom. The topological polar surface area (TPSA) is 139 Å². The number of morpholine rings is 1. The average molecular weight is 515 g/mol. The molecule has 1 aromatic heterocycles. The normalized spacial score (nSPS) is 23.5. The van der Waals surface area contributed by atoms with Gasteiger partial charge in [-0.15, -0.1) is 0 Å². The van der Waals surface area contributed by atoms with Gasteiger partial charge in [0.15, 0.2) is 23.3 Å². The average Bonchev–Trinajstić information content (AvgIpc) is 2.83. The van der Waals surface area contributed by atoms with E-state index in [2.05, 4.69) is 56.0 Å². The van der Waals surface area contributed by atoms with Crippen LogP contribution < -0.4 is 15.5 Å². The largest absolute Gasteiger partial charge is 0.465 e. The van der Waals surface area contributed by atoms with E-state index in [9.17, 15) is 4.79 Å². The molecule has 3 aliphatic rings. The summed E-state index contributed by atoms with van der Waals surface area (Å²) in [5.41, 5.74) is 0.776. The zero-order valence-electron chi connectivity index (χ0n) is 22.2. The maximum absolute atomic E-state index is 11.2. The summed E-state index contributed by atoms with van der Waals surface area (Å²) in [7, 11) is 0. The van der Waals surface area contributed by atoms with E-state index in [0.717, 1.165) is 31.2 Å². The van der Waals surface area contributed by atoms with Crippen LogP contribution in [0, 0.1) is 23.2 Å². The maximum atomic E-state index is 11.2. The number of aliphatic imine (C=N–C) groups is 1. The smallest absolute Gasteiger partial charge is 0.410 e. The Morgan fingerprint density at radius 1 is 1.24 bits per heavy atom. The van der Waals surface area contributed by atoms with Gasteiger partial charge in [0, 0.05) is 25.7 Å². The lowest BCUT2D eigenvalue weighted by atomic mass is 9.80. The molecular weight excluding hydrogens is 472 g/mol. The number of rotatable bonds is 10. The molecule has 0 radical (unpaired) electrons. The van der Waals surface area contributed by atoms with Gasteiger partial charge >= 0.3 is 6.09 Å². The second-order valence-corrected chi connectivity index (χ2v) is 10.9. The van der Waals surface area contributed by atoms with Crippen molar-refractivity contribution in [3.05, 3.63) is 5.82 Å². The number of nitrogens with zero attached hydrogens (tertiary/aromatic N) is 5. The fourth-order valence-corrected chi connectivity index (χ4v) is 5.52. The van der Waals surface area contributed by atoms with Crippen LogP contribution in [-0.4, -0.2) is 84.2 Å². The number of amides is 1. The first-order valence-electron chi connectivity index (χ1n) is 13.6. The molecule has 0 aromatic carbocycles. The molecule has 11 nitrogen and oxygen atoms in total. The van der Waals surface area contributed by atoms with E-state index >= 15 is 0 Å². The van der Waals surface area contributed by atoms with Crippen molar-refractivity contribution < 1.29 is 14.6 Å². The summed E-state index contributed by atoms with van der Waals surface area (Å²) in [6.07, 6.45) is 7.08. The number of hydrogen-bond acceptors (Lipinski definition) is 9. The van der Waals surface area contributed by atoms with Gasteiger partial charge in [-0.05, 0) is 57.1 Å². The number of ether oxygens (including phenoxy) is 1. The van der Waals surface area contributed by atoms with Gasteiger partial charge in [-0.1, -0.05) is 26.2 Å². The van der Waals surface area contributed by atoms with Gasteiger partial charge in [0.2, 0.25) is 0 Å². The molecule has 37 heavy (non-hydrogen) atoms. The summed E-state index contributed by atoms with van der Waals surface area (Å²) >= 11 is 0. The van der Waals surface area contributed by atoms with Crippen molar-refractivity contribution in [2.45, 2.75) is 64.8 Å². The van der Waals surface area contributed by atoms with E-state index in [0.29, 0.717) is 43.4 Å². The lowest BCUT2D eigenvalue weighted by Crippen LogP contribution is -2.46. The molecule has 1 aromatic rings. The standard InChI is InChI=1S/C26H42N8O3/c1-17-7-9-19(10-8-17)15-34(16-33-11-13-37-14-12-33)21-23(28-3)31-25(22(27)30-26(35)36)32-24(21)29-18(2)20-5-4-6-20/h17-20H,3-16H2,1-2H3,(H2,27,30)(H,35,36)(H,29,31,32)/t17-,18?,19-. The molecule has 2 heterocycles. The molecule has 0 bridgehead atoms. The molecule has 2 aliphatic carbocycles. The summed E-state index contributed by atoms with van der Waals surface area (Å²) in [4.78, 5) is 29.3. The molecule has 1 unspecified atom stereocenters. The molecule has 1 atom stereocenters. The van der Waals surface area contributed by atoms with E-state index in [1.807, 2.05) is 0 Å². The predicted molar refractivity (Wildman–Crippen MR) is 145 cm³/mol. The first kappa shape index (κ1) is 27.3. The SMILES string of the molecule is C=Nc1nc(C(=N)NC(=O)O)nc(NC(C)C2CCC2)c1N(CN1CCOCC1)C[C@H]1CC[C@H](C)CC1. The minimum atomic E-state index is -1.33. The highest BCUT2D eigenvalue weighted by Gasteiger charge is 2.30. The van der Waals surface area contributed by atoms with E-state index in [-0.39, 0.29) is 17.7 Å².